The number of piperidine rings is 1. The fourth-order valence-electron chi connectivity index (χ4n) is 2.24. The Morgan fingerprint density at radius 1 is 1.48 bits per heavy atom. The van der Waals surface area contributed by atoms with Crippen LogP contribution in [0.25, 0.3) is 0 Å². The van der Waals surface area contributed by atoms with Crippen LogP contribution in [0.5, 0.6) is 5.88 Å². The molecule has 0 saturated carbocycles. The van der Waals surface area contributed by atoms with Crippen LogP contribution in [0.3, 0.4) is 0 Å². The minimum atomic E-state index is -4.25. The highest BCUT2D eigenvalue weighted by Crippen LogP contribution is 2.33. The summed E-state index contributed by atoms with van der Waals surface area (Å²) in [5.41, 5.74) is 0.956. The van der Waals surface area contributed by atoms with E-state index in [-0.39, 0.29) is 19.6 Å². The SMILES string of the molecule is Cc1ccc(OCC(=O)N2CCCC(C(F)(F)F)C2)nc1. The summed E-state index contributed by atoms with van der Waals surface area (Å²) in [4.78, 5) is 17.1. The molecule has 1 atom stereocenters. The van der Waals surface area contributed by atoms with Gasteiger partial charge < -0.3 is 9.64 Å². The molecule has 7 heteroatoms. The average Bonchev–Trinajstić information content (AvgIpc) is 2.45. The van der Waals surface area contributed by atoms with Gasteiger partial charge in [0.1, 0.15) is 0 Å². The van der Waals surface area contributed by atoms with Crippen LogP contribution in [0.4, 0.5) is 13.2 Å². The predicted molar refractivity (Wildman–Crippen MR) is 69.8 cm³/mol. The number of ether oxygens (including phenoxy) is 1. The van der Waals surface area contributed by atoms with Crippen molar-refractivity contribution >= 4 is 5.91 Å². The van der Waals surface area contributed by atoms with Crippen molar-refractivity contribution in [2.45, 2.75) is 25.9 Å². The summed E-state index contributed by atoms with van der Waals surface area (Å²) in [7, 11) is 0. The molecule has 1 aliphatic rings. The molecule has 0 radical (unpaired) electrons. The lowest BCUT2D eigenvalue weighted by Gasteiger charge is -2.33. The van der Waals surface area contributed by atoms with E-state index in [1.165, 1.54) is 4.90 Å². The van der Waals surface area contributed by atoms with Crippen molar-refractivity contribution in [3.05, 3.63) is 23.9 Å². The summed E-state index contributed by atoms with van der Waals surface area (Å²) in [5, 5.41) is 0. The van der Waals surface area contributed by atoms with E-state index >= 15 is 0 Å². The first-order chi connectivity index (χ1) is 9.86. The summed E-state index contributed by atoms with van der Waals surface area (Å²) in [5.74, 6) is -1.59. The van der Waals surface area contributed by atoms with Crippen molar-refractivity contribution < 1.29 is 22.7 Å². The molecule has 116 valence electrons. The monoisotopic (exact) mass is 302 g/mol. The Kier molecular flexibility index (Phi) is 4.69. The fourth-order valence-corrected chi connectivity index (χ4v) is 2.24. The predicted octanol–water partition coefficient (Wildman–Crippen LogP) is 2.57. The quantitative estimate of drug-likeness (QED) is 0.862. The zero-order chi connectivity index (χ0) is 15.5. The first kappa shape index (κ1) is 15.6. The normalized spacial score (nSPS) is 19.4. The molecular formula is C14H17F3N2O2. The molecule has 1 aromatic rings. The van der Waals surface area contributed by atoms with E-state index in [1.807, 2.05) is 6.92 Å². The standard InChI is InChI=1S/C14H17F3N2O2/c1-10-4-5-12(18-7-10)21-9-13(20)19-6-2-3-11(8-19)14(15,16)17/h4-5,7,11H,2-3,6,8-9H2,1H3. The molecule has 2 rings (SSSR count). The zero-order valence-corrected chi connectivity index (χ0v) is 11.7. The van der Waals surface area contributed by atoms with E-state index in [0.29, 0.717) is 18.8 Å². The Balaban J connectivity index is 1.86. The Morgan fingerprint density at radius 2 is 2.24 bits per heavy atom. The van der Waals surface area contributed by atoms with Crippen LogP contribution >= 0.6 is 0 Å². The second kappa shape index (κ2) is 6.32. The maximum absolute atomic E-state index is 12.7. The molecule has 4 nitrogen and oxygen atoms in total. The van der Waals surface area contributed by atoms with Crippen LogP contribution in [0.15, 0.2) is 18.3 Å². The number of halogens is 3. The van der Waals surface area contributed by atoms with Gasteiger partial charge in [-0.05, 0) is 25.3 Å². The van der Waals surface area contributed by atoms with Gasteiger partial charge >= 0.3 is 6.18 Å². The number of likely N-dealkylation sites (tertiary alicyclic amines) is 1. The lowest BCUT2D eigenvalue weighted by atomic mass is 9.97. The topological polar surface area (TPSA) is 42.4 Å². The van der Waals surface area contributed by atoms with Crippen molar-refractivity contribution in [3.63, 3.8) is 0 Å². The molecule has 1 aliphatic heterocycles. The number of carbonyl (C=O) groups is 1. The molecule has 0 N–H and O–H groups in total. The first-order valence-corrected chi connectivity index (χ1v) is 6.76. The summed E-state index contributed by atoms with van der Waals surface area (Å²) < 4.78 is 43.3. The van der Waals surface area contributed by atoms with Gasteiger partial charge in [0.2, 0.25) is 5.88 Å². The van der Waals surface area contributed by atoms with Gasteiger partial charge in [0.25, 0.3) is 5.91 Å². The third-order valence-corrected chi connectivity index (χ3v) is 3.46. The minimum Gasteiger partial charge on any atom is -0.468 e. The number of carbonyl (C=O) groups excluding carboxylic acids is 1. The van der Waals surface area contributed by atoms with Gasteiger partial charge in [0.05, 0.1) is 5.92 Å². The molecule has 1 amide bonds. The second-order valence-corrected chi connectivity index (χ2v) is 5.18. The molecule has 1 saturated heterocycles. The van der Waals surface area contributed by atoms with Crippen molar-refractivity contribution in [2.75, 3.05) is 19.7 Å². The second-order valence-electron chi connectivity index (χ2n) is 5.18. The van der Waals surface area contributed by atoms with Crippen molar-refractivity contribution in [2.24, 2.45) is 5.92 Å². The van der Waals surface area contributed by atoms with Gasteiger partial charge in [-0.2, -0.15) is 13.2 Å². The number of amides is 1. The zero-order valence-electron chi connectivity index (χ0n) is 11.7. The highest BCUT2D eigenvalue weighted by Gasteiger charge is 2.42. The largest absolute Gasteiger partial charge is 0.468 e. The number of nitrogens with zero attached hydrogens (tertiary/aromatic N) is 2. The van der Waals surface area contributed by atoms with Crippen LogP contribution in [-0.4, -0.2) is 41.7 Å². The van der Waals surface area contributed by atoms with Crippen molar-refractivity contribution in [3.8, 4) is 5.88 Å². The Labute approximate surface area is 120 Å². The molecule has 0 aromatic carbocycles. The molecule has 0 spiro atoms. The van der Waals surface area contributed by atoms with Gasteiger partial charge in [0.15, 0.2) is 6.61 Å². The van der Waals surface area contributed by atoms with Crippen LogP contribution in [-0.2, 0) is 4.79 Å². The number of alkyl halides is 3. The van der Waals surface area contributed by atoms with Gasteiger partial charge in [-0.25, -0.2) is 4.98 Å². The highest BCUT2D eigenvalue weighted by molar-refractivity contribution is 5.77. The number of hydrogen-bond acceptors (Lipinski definition) is 3. The van der Waals surface area contributed by atoms with E-state index in [4.69, 9.17) is 4.74 Å². The lowest BCUT2D eigenvalue weighted by molar-refractivity contribution is -0.188. The molecule has 0 aliphatic carbocycles. The Bertz CT molecular complexity index is 488. The smallest absolute Gasteiger partial charge is 0.393 e. The Hall–Kier alpha value is -1.79. The van der Waals surface area contributed by atoms with E-state index in [9.17, 15) is 18.0 Å². The third-order valence-electron chi connectivity index (χ3n) is 3.46. The molecule has 1 aromatic heterocycles. The van der Waals surface area contributed by atoms with Crippen molar-refractivity contribution in [1.29, 1.82) is 0 Å². The first-order valence-electron chi connectivity index (χ1n) is 6.76. The Morgan fingerprint density at radius 3 is 2.86 bits per heavy atom. The van der Waals surface area contributed by atoms with E-state index < -0.39 is 18.0 Å². The number of pyridine rings is 1. The molecule has 21 heavy (non-hydrogen) atoms. The van der Waals surface area contributed by atoms with E-state index in [1.54, 1.807) is 18.3 Å². The lowest BCUT2D eigenvalue weighted by Crippen LogP contribution is -2.46. The van der Waals surface area contributed by atoms with Crippen LogP contribution in [0.2, 0.25) is 0 Å². The summed E-state index contributed by atoms with van der Waals surface area (Å²) in [6.45, 7) is 1.64. The summed E-state index contributed by atoms with van der Waals surface area (Å²) in [6.07, 6.45) is -2.22. The van der Waals surface area contributed by atoms with Crippen molar-refractivity contribution in [1.82, 2.24) is 9.88 Å². The highest BCUT2D eigenvalue weighted by atomic mass is 19.4. The molecule has 2 heterocycles. The maximum Gasteiger partial charge on any atom is 0.393 e. The minimum absolute atomic E-state index is 0.0770. The van der Waals surface area contributed by atoms with Crippen LogP contribution < -0.4 is 4.74 Å². The summed E-state index contributed by atoms with van der Waals surface area (Å²) in [6, 6.07) is 3.41. The summed E-state index contributed by atoms with van der Waals surface area (Å²) >= 11 is 0. The maximum atomic E-state index is 12.7. The average molecular weight is 302 g/mol. The fraction of sp³-hybridized carbons (Fsp3) is 0.571. The molecule has 1 unspecified atom stereocenters. The number of aromatic nitrogens is 1. The molecule has 0 bridgehead atoms. The third kappa shape index (κ3) is 4.34. The van der Waals surface area contributed by atoms with Gasteiger partial charge in [-0.3, -0.25) is 4.79 Å². The van der Waals surface area contributed by atoms with Gasteiger partial charge in [-0.1, -0.05) is 6.07 Å². The van der Waals surface area contributed by atoms with Crippen LogP contribution in [0.1, 0.15) is 18.4 Å². The van der Waals surface area contributed by atoms with Gasteiger partial charge in [-0.15, -0.1) is 0 Å². The molecule has 1 fully saturated rings. The number of hydrogen-bond donors (Lipinski definition) is 0. The van der Waals surface area contributed by atoms with E-state index in [0.717, 1.165) is 5.56 Å². The van der Waals surface area contributed by atoms with E-state index in [2.05, 4.69) is 4.98 Å². The van der Waals surface area contributed by atoms with Gasteiger partial charge in [0, 0.05) is 25.4 Å². The van der Waals surface area contributed by atoms with Crippen LogP contribution in [0, 0.1) is 12.8 Å². The molecular weight excluding hydrogens is 285 g/mol. The number of aryl methyl sites for hydroxylation is 1. The number of rotatable bonds is 3.